The fourth-order valence-corrected chi connectivity index (χ4v) is 2.44. The minimum Gasteiger partial charge on any atom is -0.397 e. The Bertz CT molecular complexity index is 631. The van der Waals surface area contributed by atoms with E-state index in [9.17, 15) is 4.79 Å². The number of rotatable bonds is 3. The number of nitrogens with zero attached hydrogens (tertiary/aromatic N) is 4. The lowest BCUT2D eigenvalue weighted by atomic mass is 10.3. The summed E-state index contributed by atoms with van der Waals surface area (Å²) in [5.74, 6) is 0. The minimum atomic E-state index is -0.221. The Morgan fingerprint density at radius 2 is 2.22 bits per heavy atom. The van der Waals surface area contributed by atoms with Gasteiger partial charge < -0.3 is 5.73 Å². The summed E-state index contributed by atoms with van der Waals surface area (Å²) in [6.07, 6.45) is 2.30. The van der Waals surface area contributed by atoms with Gasteiger partial charge in [-0.1, -0.05) is 6.92 Å². The predicted molar refractivity (Wildman–Crippen MR) is 72.3 cm³/mol. The van der Waals surface area contributed by atoms with Gasteiger partial charge >= 0.3 is 0 Å². The van der Waals surface area contributed by atoms with Crippen LogP contribution in [0.25, 0.3) is 0 Å². The maximum Gasteiger partial charge on any atom is 0.269 e. The van der Waals surface area contributed by atoms with Crippen molar-refractivity contribution in [3.63, 3.8) is 0 Å². The Balaban J connectivity index is 2.40. The van der Waals surface area contributed by atoms with Gasteiger partial charge in [-0.3, -0.25) is 9.48 Å². The normalized spacial score (nSPS) is 10.8. The van der Waals surface area contributed by atoms with E-state index in [0.717, 1.165) is 22.3 Å². The van der Waals surface area contributed by atoms with E-state index >= 15 is 0 Å². The van der Waals surface area contributed by atoms with Crippen LogP contribution >= 0.6 is 15.9 Å². The number of hydrogen-bond donors (Lipinski definition) is 1. The maximum atomic E-state index is 11.7. The third-order valence-electron chi connectivity index (χ3n) is 2.69. The molecule has 2 aromatic rings. The molecule has 7 heteroatoms. The Morgan fingerprint density at radius 1 is 1.50 bits per heavy atom. The SMILES string of the molecule is CCc1nn(C)c(Cn2ncc(N)cc2=O)c1Br. The average Bonchev–Trinajstić information content (AvgIpc) is 2.59. The second-order valence-corrected chi connectivity index (χ2v) is 4.76. The van der Waals surface area contributed by atoms with Crippen molar-refractivity contribution in [2.75, 3.05) is 5.73 Å². The van der Waals surface area contributed by atoms with Crippen LogP contribution in [0.5, 0.6) is 0 Å². The van der Waals surface area contributed by atoms with Crippen LogP contribution in [-0.4, -0.2) is 19.6 Å². The molecule has 2 rings (SSSR count). The van der Waals surface area contributed by atoms with Crippen LogP contribution in [0, 0.1) is 0 Å². The smallest absolute Gasteiger partial charge is 0.269 e. The highest BCUT2D eigenvalue weighted by molar-refractivity contribution is 9.10. The van der Waals surface area contributed by atoms with Crippen LogP contribution in [0.15, 0.2) is 21.5 Å². The summed E-state index contributed by atoms with van der Waals surface area (Å²) in [6.45, 7) is 2.40. The Morgan fingerprint density at radius 3 is 2.78 bits per heavy atom. The molecule has 0 atom stereocenters. The molecule has 0 saturated carbocycles. The van der Waals surface area contributed by atoms with Crippen LogP contribution < -0.4 is 11.3 Å². The van der Waals surface area contributed by atoms with Crippen molar-refractivity contribution in [2.45, 2.75) is 19.9 Å². The number of nitrogen functional groups attached to an aromatic ring is 1. The van der Waals surface area contributed by atoms with Crippen molar-refractivity contribution in [3.8, 4) is 0 Å². The molecule has 0 aliphatic carbocycles. The summed E-state index contributed by atoms with van der Waals surface area (Å²) >= 11 is 3.51. The number of anilines is 1. The highest BCUT2D eigenvalue weighted by atomic mass is 79.9. The Labute approximate surface area is 113 Å². The zero-order chi connectivity index (χ0) is 13.3. The van der Waals surface area contributed by atoms with Crippen molar-refractivity contribution in [1.29, 1.82) is 0 Å². The molecule has 0 bridgehead atoms. The third kappa shape index (κ3) is 2.31. The summed E-state index contributed by atoms with van der Waals surface area (Å²) in [6, 6.07) is 1.36. The lowest BCUT2D eigenvalue weighted by Gasteiger charge is -2.05. The van der Waals surface area contributed by atoms with Crippen LogP contribution in [0.3, 0.4) is 0 Å². The summed E-state index contributed by atoms with van der Waals surface area (Å²) in [5.41, 5.74) is 7.53. The lowest BCUT2D eigenvalue weighted by Crippen LogP contribution is -2.24. The fourth-order valence-electron chi connectivity index (χ4n) is 1.70. The molecule has 6 nitrogen and oxygen atoms in total. The van der Waals surface area contributed by atoms with Gasteiger partial charge in [0.2, 0.25) is 0 Å². The summed E-state index contributed by atoms with van der Waals surface area (Å²) in [4.78, 5) is 11.7. The molecular formula is C11H14BrN5O. The molecule has 0 amide bonds. The van der Waals surface area contributed by atoms with E-state index in [1.807, 2.05) is 14.0 Å². The largest absolute Gasteiger partial charge is 0.397 e. The van der Waals surface area contributed by atoms with E-state index in [1.165, 1.54) is 16.9 Å². The van der Waals surface area contributed by atoms with Gasteiger partial charge in [-0.05, 0) is 22.4 Å². The van der Waals surface area contributed by atoms with Gasteiger partial charge in [-0.2, -0.15) is 10.2 Å². The molecule has 2 N–H and O–H groups in total. The molecule has 0 radical (unpaired) electrons. The van der Waals surface area contributed by atoms with Gasteiger partial charge in [0.15, 0.2) is 0 Å². The van der Waals surface area contributed by atoms with Crippen molar-refractivity contribution >= 4 is 21.6 Å². The third-order valence-corrected chi connectivity index (χ3v) is 3.61. The Kier molecular flexibility index (Phi) is 3.51. The molecule has 2 aromatic heterocycles. The predicted octanol–water partition coefficient (Wildman–Crippen LogP) is 0.932. The summed E-state index contributed by atoms with van der Waals surface area (Å²) < 4.78 is 4.04. The van der Waals surface area contributed by atoms with Gasteiger partial charge in [-0.15, -0.1) is 0 Å². The molecule has 0 fully saturated rings. The highest BCUT2D eigenvalue weighted by Crippen LogP contribution is 2.21. The van der Waals surface area contributed by atoms with Crippen molar-refractivity contribution in [2.24, 2.45) is 7.05 Å². The molecule has 96 valence electrons. The average molecular weight is 312 g/mol. The molecule has 2 heterocycles. The van der Waals surface area contributed by atoms with E-state index in [2.05, 4.69) is 26.1 Å². The molecule has 0 unspecified atom stereocenters. The van der Waals surface area contributed by atoms with Gasteiger partial charge in [0.05, 0.1) is 34.3 Å². The molecule has 0 aromatic carbocycles. The summed E-state index contributed by atoms with van der Waals surface area (Å²) in [5, 5.41) is 8.38. The van der Waals surface area contributed by atoms with Crippen molar-refractivity contribution in [1.82, 2.24) is 19.6 Å². The lowest BCUT2D eigenvalue weighted by molar-refractivity contribution is 0.589. The zero-order valence-electron chi connectivity index (χ0n) is 10.2. The van der Waals surface area contributed by atoms with Crippen molar-refractivity contribution in [3.05, 3.63) is 38.5 Å². The fraction of sp³-hybridized carbons (Fsp3) is 0.364. The van der Waals surface area contributed by atoms with Gasteiger partial charge in [-0.25, -0.2) is 4.68 Å². The Hall–Kier alpha value is -1.63. The zero-order valence-corrected chi connectivity index (χ0v) is 11.8. The van der Waals surface area contributed by atoms with Crippen molar-refractivity contribution < 1.29 is 0 Å². The molecule has 0 saturated heterocycles. The topological polar surface area (TPSA) is 78.7 Å². The number of aromatic nitrogens is 4. The van der Waals surface area contributed by atoms with E-state index in [-0.39, 0.29) is 5.56 Å². The quantitative estimate of drug-likeness (QED) is 0.914. The standard InChI is InChI=1S/C11H14BrN5O/c1-3-8-11(12)9(16(2)15-8)6-17-10(18)4-7(13)5-14-17/h4-5H,3,6,13H2,1-2H3. The van der Waals surface area contributed by atoms with E-state index in [1.54, 1.807) is 4.68 Å². The molecule has 0 aliphatic heterocycles. The van der Waals surface area contributed by atoms with Crippen LogP contribution in [0.2, 0.25) is 0 Å². The number of hydrogen-bond acceptors (Lipinski definition) is 4. The van der Waals surface area contributed by atoms with Gasteiger partial charge in [0, 0.05) is 13.1 Å². The first kappa shape index (κ1) is 12.8. The minimum absolute atomic E-state index is 0.221. The van der Waals surface area contributed by atoms with Crippen LogP contribution in [0.4, 0.5) is 5.69 Å². The van der Waals surface area contributed by atoms with Crippen LogP contribution in [-0.2, 0) is 20.0 Å². The maximum absolute atomic E-state index is 11.7. The van der Waals surface area contributed by atoms with E-state index in [4.69, 9.17) is 5.73 Å². The monoisotopic (exact) mass is 311 g/mol. The first-order valence-electron chi connectivity index (χ1n) is 5.55. The summed E-state index contributed by atoms with van der Waals surface area (Å²) in [7, 11) is 1.85. The van der Waals surface area contributed by atoms with Gasteiger partial charge in [0.1, 0.15) is 0 Å². The second-order valence-electron chi connectivity index (χ2n) is 3.97. The van der Waals surface area contributed by atoms with E-state index < -0.39 is 0 Å². The second kappa shape index (κ2) is 4.93. The number of nitrogens with two attached hydrogens (primary N) is 1. The van der Waals surface area contributed by atoms with E-state index in [0.29, 0.717) is 12.2 Å². The number of halogens is 1. The van der Waals surface area contributed by atoms with Crippen LogP contribution in [0.1, 0.15) is 18.3 Å². The molecule has 0 aliphatic rings. The highest BCUT2D eigenvalue weighted by Gasteiger charge is 2.13. The molecular weight excluding hydrogens is 298 g/mol. The van der Waals surface area contributed by atoms with Gasteiger partial charge in [0.25, 0.3) is 5.56 Å². The molecule has 18 heavy (non-hydrogen) atoms. The first-order valence-corrected chi connectivity index (χ1v) is 6.35. The first-order chi connectivity index (χ1) is 8.52. The number of aryl methyl sites for hydroxylation is 2. The molecule has 0 spiro atoms.